The topological polar surface area (TPSA) is 85.2 Å². The van der Waals surface area contributed by atoms with E-state index in [1.165, 1.54) is 4.90 Å². The second-order valence-electron chi connectivity index (χ2n) is 7.52. The Bertz CT molecular complexity index is 549. The van der Waals surface area contributed by atoms with Crippen LogP contribution >= 0.6 is 0 Å². The van der Waals surface area contributed by atoms with Crippen LogP contribution in [0.4, 0.5) is 4.39 Å². The zero-order chi connectivity index (χ0) is 17.4. The number of fused-ring (bicyclic) bond motifs is 3. The van der Waals surface area contributed by atoms with Gasteiger partial charge in [-0.05, 0) is 38.5 Å². The maximum absolute atomic E-state index is 13.5. The largest absolute Gasteiger partial charge is 0.359 e. The van der Waals surface area contributed by atoms with E-state index in [0.29, 0.717) is 0 Å². The van der Waals surface area contributed by atoms with Crippen LogP contribution in [0, 0.1) is 16.7 Å². The van der Waals surface area contributed by atoms with Gasteiger partial charge in [-0.25, -0.2) is 4.39 Å². The summed E-state index contributed by atoms with van der Waals surface area (Å²) in [6.07, 6.45) is 4.15. The number of likely N-dealkylation sites (tertiary alicyclic amines) is 1. The Morgan fingerprint density at radius 1 is 1.25 bits per heavy atom. The van der Waals surface area contributed by atoms with Crippen LogP contribution in [0.5, 0.6) is 0 Å². The fourth-order valence-corrected chi connectivity index (χ4v) is 4.60. The number of nitrogens with one attached hydrogen (secondary N) is 2. The number of carbonyl (C=O) groups excluding carboxylic acids is 2. The predicted molar refractivity (Wildman–Crippen MR) is 85.6 cm³/mol. The lowest BCUT2D eigenvalue weighted by atomic mass is 9.57. The molecule has 0 aromatic rings. The van der Waals surface area contributed by atoms with Crippen molar-refractivity contribution in [3.63, 3.8) is 0 Å². The second kappa shape index (κ2) is 6.32. The summed E-state index contributed by atoms with van der Waals surface area (Å²) in [5.41, 5.74) is -0.326. The molecular weight excluding hydrogens is 311 g/mol. The highest BCUT2D eigenvalue weighted by molar-refractivity contribution is 5.83. The summed E-state index contributed by atoms with van der Waals surface area (Å²) in [6.45, 7) is 0.156. The highest BCUT2D eigenvalue weighted by atomic mass is 19.1. The lowest BCUT2D eigenvalue weighted by molar-refractivity contribution is -0.139. The molecule has 1 saturated heterocycles. The van der Waals surface area contributed by atoms with Gasteiger partial charge in [-0.2, -0.15) is 5.26 Å². The number of carbonyl (C=O) groups is 2. The minimum atomic E-state index is -1.10. The molecule has 2 bridgehead atoms. The van der Waals surface area contributed by atoms with Gasteiger partial charge in [0, 0.05) is 24.4 Å². The second-order valence-corrected chi connectivity index (χ2v) is 7.52. The van der Waals surface area contributed by atoms with Crippen molar-refractivity contribution in [3.05, 3.63) is 0 Å². The summed E-state index contributed by atoms with van der Waals surface area (Å²) in [6, 6.07) is 1.36. The molecule has 3 aliphatic carbocycles. The van der Waals surface area contributed by atoms with Crippen LogP contribution in [-0.4, -0.2) is 54.6 Å². The van der Waals surface area contributed by atoms with E-state index < -0.39 is 12.2 Å². The maximum atomic E-state index is 13.5. The molecule has 132 valence electrons. The Kier molecular flexibility index (Phi) is 4.52. The molecule has 4 aliphatic rings. The van der Waals surface area contributed by atoms with Crippen molar-refractivity contribution in [1.82, 2.24) is 15.5 Å². The van der Waals surface area contributed by atoms with Crippen LogP contribution in [-0.2, 0) is 9.59 Å². The number of nitriles is 1. The van der Waals surface area contributed by atoms with Gasteiger partial charge < -0.3 is 15.5 Å². The molecule has 2 N–H and O–H groups in total. The van der Waals surface area contributed by atoms with E-state index in [2.05, 4.69) is 10.6 Å². The highest BCUT2D eigenvalue weighted by Gasteiger charge is 2.52. The molecule has 24 heavy (non-hydrogen) atoms. The van der Waals surface area contributed by atoms with E-state index in [9.17, 15) is 14.0 Å². The Hall–Kier alpha value is -1.68. The fraction of sp³-hybridized carbons (Fsp3) is 0.824. The summed E-state index contributed by atoms with van der Waals surface area (Å²) >= 11 is 0. The number of nitrogens with zero attached hydrogens (tertiary/aromatic N) is 2. The van der Waals surface area contributed by atoms with Gasteiger partial charge in [0.2, 0.25) is 11.8 Å². The predicted octanol–water partition coefficient (Wildman–Crippen LogP) is 0.878. The lowest BCUT2D eigenvalue weighted by Gasteiger charge is -2.52. The van der Waals surface area contributed by atoms with Crippen molar-refractivity contribution < 1.29 is 14.0 Å². The first-order chi connectivity index (χ1) is 11.4. The van der Waals surface area contributed by atoms with Gasteiger partial charge in [0.1, 0.15) is 12.2 Å². The molecule has 2 amide bonds. The van der Waals surface area contributed by atoms with Gasteiger partial charge >= 0.3 is 0 Å². The molecule has 6 nitrogen and oxygen atoms in total. The molecule has 0 spiro atoms. The molecular formula is C17H25FN4O2. The molecule has 2 unspecified atom stereocenters. The smallest absolute Gasteiger partial charge is 0.237 e. The molecule has 0 radical (unpaired) electrons. The van der Waals surface area contributed by atoms with Gasteiger partial charge in [-0.15, -0.1) is 0 Å². The first kappa shape index (κ1) is 17.2. The van der Waals surface area contributed by atoms with E-state index >= 15 is 0 Å². The van der Waals surface area contributed by atoms with Gasteiger partial charge in [0.15, 0.2) is 0 Å². The van der Waals surface area contributed by atoms with Crippen molar-refractivity contribution in [2.75, 3.05) is 20.1 Å². The van der Waals surface area contributed by atoms with Gasteiger partial charge in [0.25, 0.3) is 0 Å². The summed E-state index contributed by atoms with van der Waals surface area (Å²) in [5, 5.41) is 15.2. The summed E-state index contributed by atoms with van der Waals surface area (Å²) < 4.78 is 13.5. The van der Waals surface area contributed by atoms with Crippen LogP contribution in [0.2, 0.25) is 0 Å². The van der Waals surface area contributed by atoms with Crippen molar-refractivity contribution in [3.8, 4) is 6.07 Å². The molecule has 0 aromatic carbocycles. The average molecular weight is 336 g/mol. The Balaban J connectivity index is 1.56. The summed E-state index contributed by atoms with van der Waals surface area (Å²) in [5.74, 6) is -0.0698. The van der Waals surface area contributed by atoms with Crippen molar-refractivity contribution in [2.45, 2.75) is 62.7 Å². The number of rotatable bonds is 4. The molecule has 3 saturated carbocycles. The number of amides is 2. The van der Waals surface area contributed by atoms with E-state index in [1.54, 1.807) is 7.05 Å². The molecule has 1 aliphatic heterocycles. The van der Waals surface area contributed by atoms with E-state index in [4.69, 9.17) is 5.26 Å². The third-order valence-corrected chi connectivity index (χ3v) is 6.29. The zero-order valence-corrected chi connectivity index (χ0v) is 14.1. The van der Waals surface area contributed by atoms with Gasteiger partial charge in [-0.1, -0.05) is 0 Å². The monoisotopic (exact) mass is 336 g/mol. The van der Waals surface area contributed by atoms with Gasteiger partial charge in [0.05, 0.1) is 19.2 Å². The van der Waals surface area contributed by atoms with Crippen molar-refractivity contribution in [2.24, 2.45) is 5.41 Å². The fourth-order valence-electron chi connectivity index (χ4n) is 4.60. The first-order valence-electron chi connectivity index (χ1n) is 8.74. The van der Waals surface area contributed by atoms with Crippen molar-refractivity contribution >= 4 is 11.8 Å². The van der Waals surface area contributed by atoms with Crippen LogP contribution in [0.15, 0.2) is 0 Å². The summed E-state index contributed by atoms with van der Waals surface area (Å²) in [7, 11) is 1.68. The number of halogens is 1. The Morgan fingerprint density at radius 3 is 2.42 bits per heavy atom. The third-order valence-electron chi connectivity index (χ3n) is 6.29. The third kappa shape index (κ3) is 2.88. The van der Waals surface area contributed by atoms with Crippen LogP contribution in [0.1, 0.15) is 44.9 Å². The number of hydrogen-bond acceptors (Lipinski definition) is 4. The van der Waals surface area contributed by atoms with Gasteiger partial charge in [-0.3, -0.25) is 9.59 Å². The quantitative estimate of drug-likeness (QED) is 0.798. The minimum Gasteiger partial charge on any atom is -0.359 e. The standard InChI is InChI=1S/C17H25FN4O2/c1-20-15(24)16-2-5-17(6-3-16,7-4-16)21-10-14(23)22-11-12(18)8-13(22)9-19/h12-13,21H,2-8,10-11H2,1H3,(H,20,24). The average Bonchev–Trinajstić information content (AvgIpc) is 3.01. The van der Waals surface area contributed by atoms with E-state index in [-0.39, 0.29) is 42.3 Å². The first-order valence-corrected chi connectivity index (χ1v) is 8.74. The minimum absolute atomic E-state index is 0.0194. The molecule has 2 atom stereocenters. The lowest BCUT2D eigenvalue weighted by Crippen LogP contribution is -2.59. The van der Waals surface area contributed by atoms with Crippen LogP contribution in [0.3, 0.4) is 0 Å². The maximum Gasteiger partial charge on any atom is 0.237 e. The number of hydrogen-bond donors (Lipinski definition) is 2. The van der Waals surface area contributed by atoms with E-state index in [1.807, 2.05) is 6.07 Å². The molecule has 7 heteroatoms. The molecule has 0 aromatic heterocycles. The highest BCUT2D eigenvalue weighted by Crippen LogP contribution is 2.52. The Morgan fingerprint density at radius 2 is 1.88 bits per heavy atom. The molecule has 4 rings (SSSR count). The van der Waals surface area contributed by atoms with Crippen LogP contribution in [0.25, 0.3) is 0 Å². The van der Waals surface area contributed by atoms with E-state index in [0.717, 1.165) is 38.5 Å². The molecule has 1 heterocycles. The molecule has 4 fully saturated rings. The van der Waals surface area contributed by atoms with Crippen molar-refractivity contribution in [1.29, 1.82) is 5.26 Å². The number of alkyl halides is 1. The SMILES string of the molecule is CNC(=O)C12CCC(NCC(=O)N3CC(F)CC3C#N)(CC1)CC2. The normalized spacial score (nSPS) is 38.0. The summed E-state index contributed by atoms with van der Waals surface area (Å²) in [4.78, 5) is 25.9. The Labute approximate surface area is 141 Å². The zero-order valence-electron chi connectivity index (χ0n) is 14.1. The van der Waals surface area contributed by atoms with Crippen LogP contribution < -0.4 is 10.6 Å².